The minimum absolute atomic E-state index is 0.0229. The number of benzene rings is 2. The number of amides is 1. The molecule has 2 aromatic carbocycles. The summed E-state index contributed by atoms with van der Waals surface area (Å²) in [7, 11) is 1.52. The van der Waals surface area contributed by atoms with E-state index in [1.807, 2.05) is 24.3 Å². The predicted octanol–water partition coefficient (Wildman–Crippen LogP) is 4.42. The fraction of sp³-hybridized carbons (Fsp3) is 0.111. The van der Waals surface area contributed by atoms with Gasteiger partial charge in [0.25, 0.3) is 5.91 Å². The molecule has 0 unspecified atom stereocenters. The zero-order chi connectivity index (χ0) is 18.0. The van der Waals surface area contributed by atoms with Gasteiger partial charge in [0, 0.05) is 21.7 Å². The molecule has 25 heavy (non-hydrogen) atoms. The second-order valence-electron chi connectivity index (χ2n) is 5.26. The first-order chi connectivity index (χ1) is 12.0. The maximum absolute atomic E-state index is 12.4. The predicted molar refractivity (Wildman–Crippen MR) is 101 cm³/mol. The number of hydrogen-bond donors (Lipinski definition) is 2. The van der Waals surface area contributed by atoms with Crippen molar-refractivity contribution in [3.8, 4) is 11.5 Å². The van der Waals surface area contributed by atoms with Gasteiger partial charge < -0.3 is 9.84 Å². The van der Waals surface area contributed by atoms with Gasteiger partial charge in [0.05, 0.1) is 17.8 Å². The van der Waals surface area contributed by atoms with E-state index in [-0.39, 0.29) is 5.75 Å². The minimum Gasteiger partial charge on any atom is -0.507 e. The lowest BCUT2D eigenvalue weighted by Gasteiger charge is -2.07. The molecule has 0 radical (unpaired) electrons. The number of phenolic OH excluding ortho intramolecular Hbond substituents is 1. The van der Waals surface area contributed by atoms with Crippen molar-refractivity contribution in [2.24, 2.45) is 5.10 Å². The van der Waals surface area contributed by atoms with E-state index in [1.54, 1.807) is 19.1 Å². The van der Waals surface area contributed by atoms with Crippen LogP contribution >= 0.6 is 22.9 Å². The average molecular weight is 375 g/mol. The van der Waals surface area contributed by atoms with Crippen LogP contribution in [0.15, 0.2) is 47.6 Å². The molecule has 0 bridgehead atoms. The molecule has 1 aromatic heterocycles. The zero-order valence-electron chi connectivity index (χ0n) is 13.5. The number of methoxy groups -OCH3 is 1. The van der Waals surface area contributed by atoms with Crippen LogP contribution in [0, 0.1) is 0 Å². The molecule has 0 aliphatic heterocycles. The van der Waals surface area contributed by atoms with Gasteiger partial charge in [0.1, 0.15) is 16.4 Å². The van der Waals surface area contributed by atoms with E-state index >= 15 is 0 Å². The first-order valence-corrected chi connectivity index (χ1v) is 8.59. The van der Waals surface area contributed by atoms with Gasteiger partial charge in [-0.3, -0.25) is 4.79 Å². The number of phenols is 1. The molecule has 1 amide bonds. The zero-order valence-corrected chi connectivity index (χ0v) is 15.1. The molecule has 0 fully saturated rings. The molecule has 5 nitrogen and oxygen atoms in total. The Hall–Kier alpha value is -2.57. The molecule has 7 heteroatoms. The maximum atomic E-state index is 12.4. The van der Waals surface area contributed by atoms with Gasteiger partial charge in [-0.15, -0.1) is 11.3 Å². The Morgan fingerprint density at radius 3 is 2.72 bits per heavy atom. The third-order valence-electron chi connectivity index (χ3n) is 3.66. The summed E-state index contributed by atoms with van der Waals surface area (Å²) in [5.41, 5.74) is 3.45. The highest BCUT2D eigenvalue weighted by atomic mass is 35.5. The van der Waals surface area contributed by atoms with Gasteiger partial charge in [0.15, 0.2) is 0 Å². The van der Waals surface area contributed by atoms with Crippen molar-refractivity contribution in [3.63, 3.8) is 0 Å². The van der Waals surface area contributed by atoms with Crippen LogP contribution in [0.5, 0.6) is 11.5 Å². The Labute approximate surface area is 153 Å². The monoisotopic (exact) mass is 374 g/mol. The second-order valence-corrected chi connectivity index (χ2v) is 6.69. The minimum atomic E-state index is -0.390. The Kier molecular flexibility index (Phi) is 4.92. The van der Waals surface area contributed by atoms with Crippen LogP contribution < -0.4 is 10.2 Å². The van der Waals surface area contributed by atoms with Crippen molar-refractivity contribution in [3.05, 3.63) is 57.9 Å². The molecule has 0 saturated carbocycles. The average Bonchev–Trinajstić information content (AvgIpc) is 2.96. The number of nitrogens with zero attached hydrogens (tertiary/aromatic N) is 1. The molecule has 0 spiro atoms. The van der Waals surface area contributed by atoms with Crippen LogP contribution in [0.2, 0.25) is 5.02 Å². The summed E-state index contributed by atoms with van der Waals surface area (Å²) in [5, 5.41) is 15.3. The van der Waals surface area contributed by atoms with Gasteiger partial charge in [-0.05, 0) is 25.1 Å². The number of carbonyl (C=O) groups is 1. The number of hydrazone groups is 1. The second kappa shape index (κ2) is 7.13. The highest BCUT2D eigenvalue weighted by Gasteiger charge is 2.16. The van der Waals surface area contributed by atoms with Crippen molar-refractivity contribution in [2.45, 2.75) is 6.92 Å². The van der Waals surface area contributed by atoms with Crippen LogP contribution in [-0.2, 0) is 0 Å². The summed E-state index contributed by atoms with van der Waals surface area (Å²) >= 11 is 7.60. The van der Waals surface area contributed by atoms with E-state index in [0.717, 1.165) is 10.1 Å². The van der Waals surface area contributed by atoms with E-state index < -0.39 is 5.91 Å². The molecular weight excluding hydrogens is 360 g/mol. The lowest BCUT2D eigenvalue weighted by molar-refractivity contribution is 0.0959. The smallest absolute Gasteiger partial charge is 0.283 e. The Bertz CT molecular complexity index is 982. The van der Waals surface area contributed by atoms with Crippen LogP contribution in [0.3, 0.4) is 0 Å². The molecule has 2 N–H and O–H groups in total. The molecule has 128 valence electrons. The molecule has 0 aliphatic carbocycles. The molecule has 0 atom stereocenters. The molecule has 3 rings (SSSR count). The lowest BCUT2D eigenvalue weighted by atomic mass is 10.1. The van der Waals surface area contributed by atoms with Crippen molar-refractivity contribution >= 4 is 44.6 Å². The molecule has 3 aromatic rings. The number of halogens is 1. The molecular formula is C18H15ClN2O3S. The Balaban J connectivity index is 1.82. The summed E-state index contributed by atoms with van der Waals surface area (Å²) in [6.45, 7) is 1.69. The fourth-order valence-corrected chi connectivity index (χ4v) is 3.76. The number of rotatable bonds is 4. The first-order valence-electron chi connectivity index (χ1n) is 7.40. The number of hydrogen-bond acceptors (Lipinski definition) is 5. The fourth-order valence-electron chi connectivity index (χ4n) is 2.35. The topological polar surface area (TPSA) is 70.9 Å². The standard InChI is InChI=1S/C18H15ClN2O3S/c1-10(12-8-7-11(24-2)9-14(12)22)20-21-18(23)17-16(19)13-5-3-4-6-15(13)25-17/h3-9,22H,1-2H3,(H,21,23). The maximum Gasteiger partial charge on any atom is 0.283 e. The van der Waals surface area contributed by atoms with Crippen molar-refractivity contribution < 1.29 is 14.6 Å². The SMILES string of the molecule is COc1ccc(C(C)=NNC(=O)c2sc3ccccc3c2Cl)c(O)c1. The molecule has 0 saturated heterocycles. The molecule has 1 heterocycles. The largest absolute Gasteiger partial charge is 0.507 e. The van der Waals surface area contributed by atoms with Gasteiger partial charge in [0.2, 0.25) is 0 Å². The summed E-state index contributed by atoms with van der Waals surface area (Å²) in [6, 6.07) is 12.4. The van der Waals surface area contributed by atoms with E-state index in [4.69, 9.17) is 16.3 Å². The summed E-state index contributed by atoms with van der Waals surface area (Å²) in [4.78, 5) is 12.8. The molecule has 0 aliphatic rings. The van der Waals surface area contributed by atoms with Gasteiger partial charge in [-0.2, -0.15) is 5.10 Å². The lowest BCUT2D eigenvalue weighted by Crippen LogP contribution is -2.18. The van der Waals surface area contributed by atoms with E-state index in [1.165, 1.54) is 24.5 Å². The van der Waals surface area contributed by atoms with Crippen molar-refractivity contribution in [1.82, 2.24) is 5.43 Å². The summed E-state index contributed by atoms with van der Waals surface area (Å²) < 4.78 is 5.98. The normalized spacial score (nSPS) is 11.6. The Morgan fingerprint density at radius 2 is 2.04 bits per heavy atom. The van der Waals surface area contributed by atoms with Gasteiger partial charge >= 0.3 is 0 Å². The third kappa shape index (κ3) is 3.45. The van der Waals surface area contributed by atoms with E-state index in [0.29, 0.717) is 26.9 Å². The quantitative estimate of drug-likeness (QED) is 0.524. The highest BCUT2D eigenvalue weighted by Crippen LogP contribution is 2.35. The number of aromatic hydroxyl groups is 1. The van der Waals surface area contributed by atoms with Crippen molar-refractivity contribution in [2.75, 3.05) is 7.11 Å². The van der Waals surface area contributed by atoms with Crippen LogP contribution in [0.4, 0.5) is 0 Å². The van der Waals surface area contributed by atoms with Gasteiger partial charge in [-0.25, -0.2) is 5.43 Å². The van der Waals surface area contributed by atoms with Crippen LogP contribution in [0.25, 0.3) is 10.1 Å². The van der Waals surface area contributed by atoms with Gasteiger partial charge in [-0.1, -0.05) is 29.8 Å². The highest BCUT2D eigenvalue weighted by molar-refractivity contribution is 7.21. The van der Waals surface area contributed by atoms with E-state index in [2.05, 4.69) is 10.5 Å². The Morgan fingerprint density at radius 1 is 1.28 bits per heavy atom. The van der Waals surface area contributed by atoms with E-state index in [9.17, 15) is 9.90 Å². The number of carbonyl (C=O) groups excluding carboxylic acids is 1. The number of fused-ring (bicyclic) bond motifs is 1. The number of nitrogens with one attached hydrogen (secondary N) is 1. The van der Waals surface area contributed by atoms with Crippen LogP contribution in [-0.4, -0.2) is 23.8 Å². The summed E-state index contributed by atoms with van der Waals surface area (Å²) in [5.74, 6) is 0.170. The van der Waals surface area contributed by atoms with Crippen LogP contribution in [0.1, 0.15) is 22.2 Å². The van der Waals surface area contributed by atoms with Crippen molar-refractivity contribution in [1.29, 1.82) is 0 Å². The number of ether oxygens (including phenoxy) is 1. The first kappa shape index (κ1) is 17.3. The number of thiophene rings is 1. The summed E-state index contributed by atoms with van der Waals surface area (Å²) in [6.07, 6.45) is 0. The third-order valence-corrected chi connectivity index (χ3v) is 5.34.